The normalized spacial score (nSPS) is 15.9. The highest BCUT2D eigenvalue weighted by atomic mass is 19.4. The molecule has 16 heavy (non-hydrogen) atoms. The maximum Gasteiger partial charge on any atom is 0.416 e. The van der Waals surface area contributed by atoms with Crippen molar-refractivity contribution in [2.45, 2.75) is 25.2 Å². The summed E-state index contributed by atoms with van der Waals surface area (Å²) in [6.45, 7) is 1.38. The molecule has 0 radical (unpaired) electrons. The van der Waals surface area contributed by atoms with Crippen LogP contribution in [0, 0.1) is 5.82 Å². The molecule has 0 aliphatic heterocycles. The highest BCUT2D eigenvalue weighted by Crippen LogP contribution is 2.32. The molecule has 2 unspecified atom stereocenters. The SMILES string of the molecule is CC(N)C(O)c1cc(C(F)(F)F)ccc1F. The first-order valence-electron chi connectivity index (χ1n) is 4.53. The van der Waals surface area contributed by atoms with Gasteiger partial charge in [-0.15, -0.1) is 0 Å². The average molecular weight is 237 g/mol. The van der Waals surface area contributed by atoms with Crippen LogP contribution in [-0.4, -0.2) is 11.1 Å². The van der Waals surface area contributed by atoms with Crippen molar-refractivity contribution in [2.24, 2.45) is 5.73 Å². The van der Waals surface area contributed by atoms with Gasteiger partial charge in [-0.1, -0.05) is 0 Å². The lowest BCUT2D eigenvalue weighted by atomic mass is 10.0. The standard InChI is InChI=1S/C10H11F4NO/c1-5(15)9(16)7-4-6(10(12,13)14)2-3-8(7)11/h2-5,9,16H,15H2,1H3. The van der Waals surface area contributed by atoms with Crippen molar-refractivity contribution < 1.29 is 22.7 Å². The molecular formula is C10H11F4NO. The van der Waals surface area contributed by atoms with Crippen LogP contribution < -0.4 is 5.73 Å². The van der Waals surface area contributed by atoms with Crippen LogP contribution in [0.4, 0.5) is 17.6 Å². The molecule has 0 aromatic heterocycles. The van der Waals surface area contributed by atoms with Gasteiger partial charge in [-0.05, 0) is 25.1 Å². The molecule has 6 heteroatoms. The Bertz CT molecular complexity index is 376. The van der Waals surface area contributed by atoms with Gasteiger partial charge in [0.15, 0.2) is 0 Å². The number of nitrogens with two attached hydrogens (primary N) is 1. The lowest BCUT2D eigenvalue weighted by Gasteiger charge is -2.17. The fourth-order valence-electron chi connectivity index (χ4n) is 1.23. The van der Waals surface area contributed by atoms with Crippen LogP contribution in [0.2, 0.25) is 0 Å². The van der Waals surface area contributed by atoms with E-state index in [0.29, 0.717) is 18.2 Å². The van der Waals surface area contributed by atoms with Gasteiger partial charge >= 0.3 is 6.18 Å². The molecule has 0 spiro atoms. The molecule has 3 N–H and O–H groups in total. The van der Waals surface area contributed by atoms with Gasteiger partial charge in [-0.25, -0.2) is 4.39 Å². The first-order valence-corrected chi connectivity index (χ1v) is 4.53. The topological polar surface area (TPSA) is 46.2 Å². The van der Waals surface area contributed by atoms with E-state index in [1.165, 1.54) is 6.92 Å². The molecule has 1 rings (SSSR count). The molecule has 90 valence electrons. The van der Waals surface area contributed by atoms with E-state index < -0.39 is 35.3 Å². The summed E-state index contributed by atoms with van der Waals surface area (Å²) < 4.78 is 50.2. The summed E-state index contributed by atoms with van der Waals surface area (Å²) in [4.78, 5) is 0. The monoisotopic (exact) mass is 237 g/mol. The molecule has 0 heterocycles. The minimum Gasteiger partial charge on any atom is -0.387 e. The van der Waals surface area contributed by atoms with Gasteiger partial charge in [-0.2, -0.15) is 13.2 Å². The Hall–Kier alpha value is -1.14. The number of benzene rings is 1. The molecule has 0 saturated heterocycles. The van der Waals surface area contributed by atoms with Crippen molar-refractivity contribution in [3.63, 3.8) is 0 Å². The van der Waals surface area contributed by atoms with Crippen molar-refractivity contribution in [3.8, 4) is 0 Å². The number of halogens is 4. The maximum atomic E-state index is 13.2. The van der Waals surface area contributed by atoms with Gasteiger partial charge in [0, 0.05) is 11.6 Å². The molecule has 0 amide bonds. The van der Waals surface area contributed by atoms with Gasteiger partial charge in [0.25, 0.3) is 0 Å². The van der Waals surface area contributed by atoms with Gasteiger partial charge in [0.05, 0.1) is 11.7 Å². The summed E-state index contributed by atoms with van der Waals surface area (Å²) in [5, 5.41) is 9.44. The Morgan fingerprint density at radius 3 is 2.31 bits per heavy atom. The van der Waals surface area contributed by atoms with Crippen LogP contribution in [0.3, 0.4) is 0 Å². The van der Waals surface area contributed by atoms with Crippen LogP contribution in [0.1, 0.15) is 24.2 Å². The minimum atomic E-state index is -4.57. The highest BCUT2D eigenvalue weighted by molar-refractivity contribution is 5.29. The highest BCUT2D eigenvalue weighted by Gasteiger charge is 2.32. The van der Waals surface area contributed by atoms with Crippen molar-refractivity contribution in [3.05, 3.63) is 35.1 Å². The Balaban J connectivity index is 3.19. The summed E-state index contributed by atoms with van der Waals surface area (Å²) in [5.41, 5.74) is 3.85. The number of rotatable bonds is 2. The van der Waals surface area contributed by atoms with E-state index >= 15 is 0 Å². The molecule has 2 nitrogen and oxygen atoms in total. The summed E-state index contributed by atoms with van der Waals surface area (Å²) in [6.07, 6.45) is -6.03. The van der Waals surface area contributed by atoms with E-state index in [9.17, 15) is 22.7 Å². The number of aliphatic hydroxyl groups is 1. The molecule has 0 aliphatic rings. The molecule has 1 aromatic rings. The second-order valence-electron chi connectivity index (χ2n) is 3.54. The molecule has 1 aromatic carbocycles. The van der Waals surface area contributed by atoms with Crippen LogP contribution in [0.25, 0.3) is 0 Å². The molecule has 0 saturated carbocycles. The quantitative estimate of drug-likeness (QED) is 0.775. The number of aliphatic hydroxyl groups excluding tert-OH is 1. The van der Waals surface area contributed by atoms with Crippen LogP contribution in [-0.2, 0) is 6.18 Å². The maximum absolute atomic E-state index is 13.2. The van der Waals surface area contributed by atoms with E-state index in [1.54, 1.807) is 0 Å². The predicted molar refractivity (Wildman–Crippen MR) is 50.0 cm³/mol. The van der Waals surface area contributed by atoms with E-state index in [4.69, 9.17) is 5.73 Å². The van der Waals surface area contributed by atoms with E-state index in [2.05, 4.69) is 0 Å². The fourth-order valence-corrected chi connectivity index (χ4v) is 1.23. The zero-order chi connectivity index (χ0) is 12.5. The number of hydrogen-bond donors (Lipinski definition) is 2. The third-order valence-electron chi connectivity index (χ3n) is 2.14. The summed E-state index contributed by atoms with van der Waals surface area (Å²) in [7, 11) is 0. The molecular weight excluding hydrogens is 226 g/mol. The van der Waals surface area contributed by atoms with E-state index in [1.807, 2.05) is 0 Å². The van der Waals surface area contributed by atoms with Crippen molar-refractivity contribution in [1.82, 2.24) is 0 Å². The van der Waals surface area contributed by atoms with Crippen LogP contribution in [0.15, 0.2) is 18.2 Å². The average Bonchev–Trinajstić information content (AvgIpc) is 2.15. The molecule has 0 aliphatic carbocycles. The van der Waals surface area contributed by atoms with Crippen molar-refractivity contribution in [1.29, 1.82) is 0 Å². The summed E-state index contributed by atoms with van der Waals surface area (Å²) >= 11 is 0. The largest absolute Gasteiger partial charge is 0.416 e. The van der Waals surface area contributed by atoms with Crippen molar-refractivity contribution >= 4 is 0 Å². The first-order chi connectivity index (χ1) is 7.23. The Kier molecular flexibility index (Phi) is 3.54. The van der Waals surface area contributed by atoms with Gasteiger partial charge in [0.1, 0.15) is 5.82 Å². The second-order valence-corrected chi connectivity index (χ2v) is 3.54. The van der Waals surface area contributed by atoms with E-state index in [-0.39, 0.29) is 0 Å². The Labute approximate surface area is 89.7 Å². The zero-order valence-corrected chi connectivity index (χ0v) is 8.42. The zero-order valence-electron chi connectivity index (χ0n) is 8.42. The smallest absolute Gasteiger partial charge is 0.387 e. The predicted octanol–water partition coefficient (Wildman–Crippen LogP) is 2.23. The van der Waals surface area contributed by atoms with Crippen LogP contribution in [0.5, 0.6) is 0 Å². The van der Waals surface area contributed by atoms with Gasteiger partial charge < -0.3 is 10.8 Å². The minimum absolute atomic E-state index is 0.440. The second kappa shape index (κ2) is 4.39. The number of alkyl halides is 3. The first kappa shape index (κ1) is 12.9. The lowest BCUT2D eigenvalue weighted by molar-refractivity contribution is -0.137. The number of hydrogen-bond acceptors (Lipinski definition) is 2. The summed E-state index contributed by atoms with van der Waals surface area (Å²) in [6, 6.07) is 1.01. The lowest BCUT2D eigenvalue weighted by Crippen LogP contribution is -2.25. The fraction of sp³-hybridized carbons (Fsp3) is 0.400. The molecule has 0 bridgehead atoms. The van der Waals surface area contributed by atoms with Crippen LogP contribution >= 0.6 is 0 Å². The van der Waals surface area contributed by atoms with Gasteiger partial charge in [-0.3, -0.25) is 0 Å². The Morgan fingerprint density at radius 2 is 1.88 bits per heavy atom. The Morgan fingerprint density at radius 1 is 1.31 bits per heavy atom. The molecule has 0 fully saturated rings. The van der Waals surface area contributed by atoms with Gasteiger partial charge in [0.2, 0.25) is 0 Å². The third-order valence-corrected chi connectivity index (χ3v) is 2.14. The summed E-state index contributed by atoms with van der Waals surface area (Å²) in [5.74, 6) is -0.905. The van der Waals surface area contributed by atoms with E-state index in [0.717, 1.165) is 0 Å². The third kappa shape index (κ3) is 2.70. The van der Waals surface area contributed by atoms with Crippen molar-refractivity contribution in [2.75, 3.05) is 0 Å². The molecule has 2 atom stereocenters.